The number of fused-ring (bicyclic) bond motifs is 2. The molecular formula is C23H25F3N2O3S. The minimum Gasteiger partial charge on any atom is -0.339 e. The van der Waals surface area contributed by atoms with E-state index in [0.717, 1.165) is 67.6 Å². The van der Waals surface area contributed by atoms with E-state index in [9.17, 15) is 26.4 Å². The first-order valence-corrected chi connectivity index (χ1v) is 12.2. The van der Waals surface area contributed by atoms with E-state index in [2.05, 4.69) is 4.72 Å². The number of nitrogens with zero attached hydrogens (tertiary/aromatic N) is 1. The smallest absolute Gasteiger partial charge is 0.339 e. The fourth-order valence-corrected chi connectivity index (χ4v) is 5.84. The summed E-state index contributed by atoms with van der Waals surface area (Å²) in [6.07, 6.45) is -0.536. The summed E-state index contributed by atoms with van der Waals surface area (Å²) < 4.78 is 66.1. The van der Waals surface area contributed by atoms with Gasteiger partial charge in [-0.2, -0.15) is 13.2 Å². The molecule has 1 amide bonds. The molecule has 0 aromatic heterocycles. The molecule has 0 radical (unpaired) electrons. The molecule has 1 saturated heterocycles. The van der Waals surface area contributed by atoms with Crippen molar-refractivity contribution in [1.29, 1.82) is 0 Å². The summed E-state index contributed by atoms with van der Waals surface area (Å²) >= 11 is 0. The predicted molar refractivity (Wildman–Crippen MR) is 115 cm³/mol. The molecule has 32 heavy (non-hydrogen) atoms. The number of halogens is 3. The molecular weight excluding hydrogens is 441 g/mol. The average Bonchev–Trinajstić information content (AvgIpc) is 2.76. The van der Waals surface area contributed by atoms with Gasteiger partial charge in [0, 0.05) is 24.7 Å². The summed E-state index contributed by atoms with van der Waals surface area (Å²) in [5.74, 6) is 0.512. The summed E-state index contributed by atoms with van der Waals surface area (Å²) in [5.41, 5.74) is 1.62. The van der Waals surface area contributed by atoms with Crippen LogP contribution in [0.1, 0.15) is 42.9 Å². The van der Waals surface area contributed by atoms with Crippen molar-refractivity contribution in [3.05, 3.63) is 59.2 Å². The number of nitrogens with one attached hydrogen (secondary N) is 1. The van der Waals surface area contributed by atoms with Crippen LogP contribution in [0.2, 0.25) is 0 Å². The van der Waals surface area contributed by atoms with Gasteiger partial charge in [0.2, 0.25) is 5.91 Å². The maximum atomic E-state index is 12.7. The molecule has 2 aliphatic rings. The average molecular weight is 467 g/mol. The first-order valence-electron chi connectivity index (χ1n) is 10.7. The van der Waals surface area contributed by atoms with Gasteiger partial charge in [-0.15, -0.1) is 0 Å². The molecule has 0 unspecified atom stereocenters. The van der Waals surface area contributed by atoms with Gasteiger partial charge in [-0.05, 0) is 79.1 Å². The van der Waals surface area contributed by atoms with Gasteiger partial charge < -0.3 is 4.90 Å². The number of carbonyl (C=O) groups is 1. The lowest BCUT2D eigenvalue weighted by molar-refractivity contribution is -0.138. The van der Waals surface area contributed by atoms with E-state index in [1.807, 2.05) is 17.9 Å². The number of anilines is 1. The maximum Gasteiger partial charge on any atom is 0.416 e. The molecule has 1 heterocycles. The molecule has 1 aliphatic carbocycles. The molecule has 0 bridgehead atoms. The molecule has 2 aromatic carbocycles. The van der Waals surface area contributed by atoms with E-state index in [1.54, 1.807) is 12.1 Å². The third-order valence-corrected chi connectivity index (χ3v) is 7.80. The summed E-state index contributed by atoms with van der Waals surface area (Å²) in [7, 11) is -4.02. The van der Waals surface area contributed by atoms with Crippen molar-refractivity contribution < 1.29 is 26.4 Å². The van der Waals surface area contributed by atoms with Crippen LogP contribution in [0, 0.1) is 5.92 Å². The number of sulfonamides is 1. The lowest BCUT2D eigenvalue weighted by atomic mass is 9.75. The molecule has 172 valence electrons. The second kappa shape index (κ2) is 8.42. The second-order valence-electron chi connectivity index (χ2n) is 8.43. The van der Waals surface area contributed by atoms with Gasteiger partial charge in [0.25, 0.3) is 10.0 Å². The van der Waals surface area contributed by atoms with E-state index >= 15 is 0 Å². The molecule has 9 heteroatoms. The maximum absolute atomic E-state index is 12.7. The van der Waals surface area contributed by atoms with Crippen LogP contribution >= 0.6 is 0 Å². The Labute approximate surface area is 185 Å². The number of hydrogen-bond donors (Lipinski definition) is 1. The number of rotatable bonds is 4. The van der Waals surface area contributed by atoms with Crippen LogP contribution in [0.4, 0.5) is 18.9 Å². The normalized spacial score (nSPS) is 20.9. The van der Waals surface area contributed by atoms with Crippen molar-refractivity contribution in [3.63, 3.8) is 0 Å². The zero-order valence-electron chi connectivity index (χ0n) is 17.7. The first kappa shape index (κ1) is 22.6. The summed E-state index contributed by atoms with van der Waals surface area (Å²) in [6.45, 7) is 2.66. The number of amides is 1. The molecule has 0 spiro atoms. The van der Waals surface area contributed by atoms with Gasteiger partial charge in [0.05, 0.1) is 10.5 Å². The molecule has 1 aliphatic heterocycles. The molecule has 1 fully saturated rings. The lowest BCUT2D eigenvalue weighted by Crippen LogP contribution is -2.51. The van der Waals surface area contributed by atoms with Crippen LogP contribution in [0.3, 0.4) is 0 Å². The largest absolute Gasteiger partial charge is 0.416 e. The number of alkyl halides is 3. The monoisotopic (exact) mass is 466 g/mol. The number of hydrogen-bond acceptors (Lipinski definition) is 3. The van der Waals surface area contributed by atoms with Crippen LogP contribution in [0.15, 0.2) is 47.4 Å². The second-order valence-corrected chi connectivity index (χ2v) is 10.1. The molecule has 2 atom stereocenters. The van der Waals surface area contributed by atoms with Gasteiger partial charge in [-0.3, -0.25) is 9.52 Å². The Bertz CT molecular complexity index is 1110. The molecule has 4 rings (SSSR count). The lowest BCUT2D eigenvalue weighted by Gasteiger charge is -2.44. The van der Waals surface area contributed by atoms with Gasteiger partial charge in [0.15, 0.2) is 0 Å². The predicted octanol–water partition coefficient (Wildman–Crippen LogP) is 4.62. The molecule has 1 N–H and O–H groups in total. The Morgan fingerprint density at radius 1 is 1.09 bits per heavy atom. The van der Waals surface area contributed by atoms with Crippen LogP contribution in [-0.4, -0.2) is 31.8 Å². The summed E-state index contributed by atoms with van der Waals surface area (Å²) in [4.78, 5) is 14.1. The van der Waals surface area contributed by atoms with Gasteiger partial charge in [-0.25, -0.2) is 8.42 Å². The minimum absolute atomic E-state index is 0.170. The molecule has 0 saturated carbocycles. The third-order valence-electron chi connectivity index (χ3n) is 6.40. The summed E-state index contributed by atoms with van der Waals surface area (Å²) in [5, 5.41) is 0. The Balaban J connectivity index is 1.53. The van der Waals surface area contributed by atoms with E-state index in [4.69, 9.17) is 0 Å². The number of piperidine rings is 1. The van der Waals surface area contributed by atoms with Crippen molar-refractivity contribution in [2.75, 3.05) is 11.3 Å². The van der Waals surface area contributed by atoms with E-state index in [0.29, 0.717) is 18.0 Å². The molecule has 2 aromatic rings. The Hall–Kier alpha value is -2.55. The number of carbonyl (C=O) groups excluding carboxylic acids is 1. The SMILES string of the molecule is CCC(=O)N1CCC[C@@H]2Cc3cc(NS(=O)(=O)c4ccc(C(F)(F)F)cc4)ccc3C[C@H]21. The summed E-state index contributed by atoms with van der Waals surface area (Å²) in [6, 6.07) is 8.94. The van der Waals surface area contributed by atoms with E-state index in [1.165, 1.54) is 0 Å². The fourth-order valence-electron chi connectivity index (χ4n) is 4.79. The van der Waals surface area contributed by atoms with Gasteiger partial charge >= 0.3 is 6.18 Å². The molecule has 5 nitrogen and oxygen atoms in total. The van der Waals surface area contributed by atoms with Gasteiger partial charge in [-0.1, -0.05) is 13.0 Å². The van der Waals surface area contributed by atoms with E-state index < -0.39 is 21.8 Å². The Morgan fingerprint density at radius 3 is 2.47 bits per heavy atom. The third kappa shape index (κ3) is 4.48. The zero-order chi connectivity index (χ0) is 23.1. The van der Waals surface area contributed by atoms with Crippen LogP contribution in [0.25, 0.3) is 0 Å². The van der Waals surface area contributed by atoms with Crippen LogP contribution < -0.4 is 4.72 Å². The van der Waals surface area contributed by atoms with Crippen molar-refractivity contribution >= 4 is 21.6 Å². The highest BCUT2D eigenvalue weighted by atomic mass is 32.2. The van der Waals surface area contributed by atoms with Crippen molar-refractivity contribution in [2.24, 2.45) is 5.92 Å². The van der Waals surface area contributed by atoms with Crippen LogP contribution in [0.5, 0.6) is 0 Å². The number of benzene rings is 2. The quantitative estimate of drug-likeness (QED) is 0.715. The first-order chi connectivity index (χ1) is 15.1. The highest BCUT2D eigenvalue weighted by Crippen LogP contribution is 2.37. The van der Waals surface area contributed by atoms with Crippen molar-refractivity contribution in [2.45, 2.75) is 56.1 Å². The van der Waals surface area contributed by atoms with E-state index in [-0.39, 0.29) is 16.8 Å². The Morgan fingerprint density at radius 2 is 1.81 bits per heavy atom. The fraction of sp³-hybridized carbons (Fsp3) is 0.435. The van der Waals surface area contributed by atoms with Crippen LogP contribution in [-0.2, 0) is 33.8 Å². The standard InChI is InChI=1S/C23H25F3N2O3S/c1-2-22(29)28-11-3-4-16-12-17-13-19(8-5-15(17)14-21(16)28)27-32(30,31)20-9-6-18(7-10-20)23(24,25)26/h5-10,13,16,21,27H,2-4,11-12,14H2,1H3/t16-,21-/m1/s1. The number of likely N-dealkylation sites (tertiary alicyclic amines) is 1. The topological polar surface area (TPSA) is 66.5 Å². The van der Waals surface area contributed by atoms with Gasteiger partial charge in [0.1, 0.15) is 0 Å². The Kier molecular flexibility index (Phi) is 5.96. The van der Waals surface area contributed by atoms with Crippen molar-refractivity contribution in [3.8, 4) is 0 Å². The minimum atomic E-state index is -4.53. The zero-order valence-corrected chi connectivity index (χ0v) is 18.5. The highest BCUT2D eigenvalue weighted by molar-refractivity contribution is 7.92. The van der Waals surface area contributed by atoms with Crippen molar-refractivity contribution in [1.82, 2.24) is 4.90 Å². The highest BCUT2D eigenvalue weighted by Gasteiger charge is 2.37.